The zero-order valence-corrected chi connectivity index (χ0v) is 20.7. The molecule has 0 saturated carbocycles. The second-order valence-electron chi connectivity index (χ2n) is 8.44. The van der Waals surface area contributed by atoms with Gasteiger partial charge < -0.3 is 19.9 Å². The van der Waals surface area contributed by atoms with Gasteiger partial charge in [-0.05, 0) is 11.8 Å². The molecule has 2 aromatic rings. The fourth-order valence-corrected chi connectivity index (χ4v) is 3.29. The van der Waals surface area contributed by atoms with Crippen molar-refractivity contribution in [1.29, 1.82) is 0 Å². The summed E-state index contributed by atoms with van der Waals surface area (Å²) in [6, 6.07) is -0.518. The third kappa shape index (κ3) is 7.21. The lowest BCUT2D eigenvalue weighted by atomic mass is 9.99. The largest absolute Gasteiger partial charge is 0.463 e. The smallest absolute Gasteiger partial charge is 0.323 e. The number of nitrogens with one attached hydrogen (secondary N) is 2. The van der Waals surface area contributed by atoms with Crippen molar-refractivity contribution in [3.05, 3.63) is 16.7 Å². The predicted octanol–water partition coefficient (Wildman–Crippen LogP) is 0.827. The second kappa shape index (κ2) is 12.1. The Bertz CT molecular complexity index is 1010. The Hall–Kier alpha value is -2.56. The Morgan fingerprint density at radius 1 is 1.15 bits per heavy atom. The number of ether oxygens (including phenoxy) is 3. The standard InChI is InChI=1S/C20H33N6O6P/c1-10(2)12(5)18(28)30-6-13(7-31-19(29)14(25-33)11(3)4)32-9-26-8-22-15-16(26)23-20(21)24-17(15)27/h8,10-14,25H,6-7,9,33H2,1-5H3,(H3,21,23,24,27)/t12-,13?,14+/m0/s1. The molecule has 2 heterocycles. The van der Waals surface area contributed by atoms with Gasteiger partial charge >= 0.3 is 11.9 Å². The van der Waals surface area contributed by atoms with Gasteiger partial charge in [-0.1, -0.05) is 44.0 Å². The van der Waals surface area contributed by atoms with Crippen LogP contribution in [0.5, 0.6) is 0 Å². The van der Waals surface area contributed by atoms with E-state index in [0.717, 1.165) is 0 Å². The summed E-state index contributed by atoms with van der Waals surface area (Å²) in [6.07, 6.45) is 0.626. The third-order valence-electron chi connectivity index (χ3n) is 5.24. The molecule has 4 atom stereocenters. The number of esters is 2. The number of nitrogen functional groups attached to an aromatic ring is 1. The number of hydrogen-bond acceptors (Lipinski definition) is 10. The van der Waals surface area contributed by atoms with Crippen LogP contribution in [0, 0.1) is 17.8 Å². The van der Waals surface area contributed by atoms with Gasteiger partial charge in [0.25, 0.3) is 5.56 Å². The average Bonchev–Trinajstić information content (AvgIpc) is 3.15. The van der Waals surface area contributed by atoms with Crippen molar-refractivity contribution < 1.29 is 23.8 Å². The van der Waals surface area contributed by atoms with E-state index in [1.807, 2.05) is 27.7 Å². The maximum absolute atomic E-state index is 12.4. The zero-order chi connectivity index (χ0) is 24.7. The first kappa shape index (κ1) is 26.7. The maximum atomic E-state index is 12.4. The molecule has 184 valence electrons. The molecule has 4 N–H and O–H groups in total. The van der Waals surface area contributed by atoms with Crippen molar-refractivity contribution in [2.75, 3.05) is 18.9 Å². The lowest BCUT2D eigenvalue weighted by molar-refractivity contribution is -0.162. The van der Waals surface area contributed by atoms with Gasteiger partial charge in [-0.3, -0.25) is 29.0 Å². The number of hydrogen-bond donors (Lipinski definition) is 3. The molecule has 2 aromatic heterocycles. The minimum Gasteiger partial charge on any atom is -0.463 e. The normalized spacial score (nSPS) is 14.4. The van der Waals surface area contributed by atoms with Crippen LogP contribution in [0.25, 0.3) is 11.2 Å². The molecule has 2 rings (SSSR count). The molecular formula is C20H33N6O6P. The molecule has 0 aliphatic rings. The highest BCUT2D eigenvalue weighted by molar-refractivity contribution is 7.13. The number of imidazole rings is 1. The molecule has 0 amide bonds. The minimum absolute atomic E-state index is 0.00558. The monoisotopic (exact) mass is 484 g/mol. The Kier molecular flexibility index (Phi) is 9.75. The first-order chi connectivity index (χ1) is 15.5. The molecule has 0 aromatic carbocycles. The van der Waals surface area contributed by atoms with E-state index in [1.165, 1.54) is 10.9 Å². The topological polar surface area (TPSA) is 163 Å². The highest BCUT2D eigenvalue weighted by atomic mass is 31.0. The third-order valence-corrected chi connectivity index (χ3v) is 5.60. The Morgan fingerprint density at radius 2 is 1.79 bits per heavy atom. The van der Waals surface area contributed by atoms with Gasteiger partial charge in [-0.2, -0.15) is 4.98 Å². The van der Waals surface area contributed by atoms with Crippen LogP contribution in [0.3, 0.4) is 0 Å². The number of anilines is 1. The van der Waals surface area contributed by atoms with Crippen LogP contribution in [0.1, 0.15) is 34.6 Å². The number of H-pyrrole nitrogens is 1. The van der Waals surface area contributed by atoms with Crippen LogP contribution in [-0.2, 0) is 30.5 Å². The first-order valence-corrected chi connectivity index (χ1v) is 11.2. The van der Waals surface area contributed by atoms with Crippen LogP contribution in [-0.4, -0.2) is 56.8 Å². The predicted molar refractivity (Wildman–Crippen MR) is 125 cm³/mol. The summed E-state index contributed by atoms with van der Waals surface area (Å²) >= 11 is 0. The summed E-state index contributed by atoms with van der Waals surface area (Å²) < 4.78 is 18.1. The number of rotatable bonds is 12. The number of nitrogens with two attached hydrogens (primary N) is 1. The van der Waals surface area contributed by atoms with Gasteiger partial charge in [0, 0.05) is 0 Å². The second-order valence-corrected chi connectivity index (χ2v) is 8.77. The molecule has 0 spiro atoms. The van der Waals surface area contributed by atoms with Crippen LogP contribution < -0.4 is 16.4 Å². The Morgan fingerprint density at radius 3 is 2.36 bits per heavy atom. The number of aromatic amines is 1. The summed E-state index contributed by atoms with van der Waals surface area (Å²) in [5.41, 5.74) is 5.50. The fourth-order valence-electron chi connectivity index (χ4n) is 2.77. The zero-order valence-electron chi connectivity index (χ0n) is 19.5. The highest BCUT2D eigenvalue weighted by Crippen LogP contribution is 2.13. The van der Waals surface area contributed by atoms with Crippen molar-refractivity contribution in [1.82, 2.24) is 24.6 Å². The van der Waals surface area contributed by atoms with Crippen LogP contribution >= 0.6 is 9.39 Å². The average molecular weight is 484 g/mol. The molecular weight excluding hydrogens is 451 g/mol. The summed E-state index contributed by atoms with van der Waals surface area (Å²) in [5.74, 6) is -1.06. The number of nitrogens with zero attached hydrogens (tertiary/aromatic N) is 3. The lowest BCUT2D eigenvalue weighted by Gasteiger charge is -2.23. The van der Waals surface area contributed by atoms with Crippen LogP contribution in [0.2, 0.25) is 0 Å². The molecule has 0 aliphatic carbocycles. The summed E-state index contributed by atoms with van der Waals surface area (Å²) in [7, 11) is 2.31. The summed E-state index contributed by atoms with van der Waals surface area (Å²) in [6.45, 7) is 9.07. The molecule has 0 fully saturated rings. The van der Waals surface area contributed by atoms with E-state index >= 15 is 0 Å². The molecule has 0 bridgehead atoms. The van der Waals surface area contributed by atoms with Crippen LogP contribution in [0.15, 0.2) is 11.1 Å². The van der Waals surface area contributed by atoms with Gasteiger partial charge in [0.05, 0.1) is 12.2 Å². The molecule has 0 radical (unpaired) electrons. The molecule has 2 unspecified atom stereocenters. The van der Waals surface area contributed by atoms with Gasteiger partial charge in [-0.15, -0.1) is 0 Å². The van der Waals surface area contributed by atoms with Crippen molar-refractivity contribution in [3.8, 4) is 0 Å². The van der Waals surface area contributed by atoms with E-state index in [2.05, 4.69) is 29.4 Å². The van der Waals surface area contributed by atoms with Crippen molar-refractivity contribution >= 4 is 38.4 Å². The van der Waals surface area contributed by atoms with E-state index in [0.29, 0.717) is 0 Å². The van der Waals surface area contributed by atoms with Gasteiger partial charge in [0.2, 0.25) is 5.95 Å². The van der Waals surface area contributed by atoms with E-state index < -0.39 is 23.7 Å². The highest BCUT2D eigenvalue weighted by Gasteiger charge is 2.25. The number of aromatic nitrogens is 4. The summed E-state index contributed by atoms with van der Waals surface area (Å²) in [5, 5.41) is 2.84. The number of carbonyl (C=O) groups is 2. The van der Waals surface area contributed by atoms with E-state index in [9.17, 15) is 14.4 Å². The summed E-state index contributed by atoms with van der Waals surface area (Å²) in [4.78, 5) is 47.1. The minimum atomic E-state index is -0.758. The fraction of sp³-hybridized carbons (Fsp3) is 0.650. The van der Waals surface area contributed by atoms with E-state index in [-0.39, 0.29) is 60.8 Å². The van der Waals surface area contributed by atoms with Gasteiger partial charge in [-0.25, -0.2) is 4.98 Å². The lowest BCUT2D eigenvalue weighted by Crippen LogP contribution is -2.39. The Balaban J connectivity index is 2.10. The molecule has 13 heteroatoms. The maximum Gasteiger partial charge on any atom is 0.323 e. The van der Waals surface area contributed by atoms with E-state index in [1.54, 1.807) is 6.92 Å². The first-order valence-electron chi connectivity index (χ1n) is 10.7. The quantitative estimate of drug-likeness (QED) is 0.290. The Labute approximate surface area is 194 Å². The molecule has 12 nitrogen and oxygen atoms in total. The van der Waals surface area contributed by atoms with Crippen molar-refractivity contribution in [3.63, 3.8) is 0 Å². The molecule has 0 saturated heterocycles. The van der Waals surface area contributed by atoms with E-state index in [4.69, 9.17) is 19.9 Å². The van der Waals surface area contributed by atoms with Crippen molar-refractivity contribution in [2.24, 2.45) is 17.8 Å². The number of fused-ring (bicyclic) bond motifs is 1. The SMILES string of the molecule is CC(C)[C@H](C)C(=O)OCC(COC(=O)[C@H](NP)C(C)C)OCn1cnc2c(=O)[nH]c(N)nc21. The van der Waals surface area contributed by atoms with Crippen molar-refractivity contribution in [2.45, 2.75) is 53.5 Å². The van der Waals surface area contributed by atoms with Gasteiger partial charge in [0.1, 0.15) is 32.1 Å². The number of carbonyl (C=O) groups excluding carboxylic acids is 2. The van der Waals surface area contributed by atoms with Crippen LogP contribution in [0.4, 0.5) is 5.95 Å². The van der Waals surface area contributed by atoms with Gasteiger partial charge in [0.15, 0.2) is 11.2 Å². The molecule has 33 heavy (non-hydrogen) atoms. The molecule has 0 aliphatic heterocycles.